The lowest BCUT2D eigenvalue weighted by atomic mass is 10.1. The molecule has 8 nitrogen and oxygen atoms in total. The smallest absolute Gasteiger partial charge is 0.259 e. The minimum absolute atomic E-state index is 0.229. The third-order valence-electron chi connectivity index (χ3n) is 5.92. The van der Waals surface area contributed by atoms with Gasteiger partial charge in [0.05, 0.1) is 35.6 Å². The molecule has 1 aliphatic heterocycles. The number of carbonyl (C=O) groups excluding carboxylic acids is 1. The topological polar surface area (TPSA) is 92.4 Å². The van der Waals surface area contributed by atoms with E-state index in [0.29, 0.717) is 28.6 Å². The van der Waals surface area contributed by atoms with Gasteiger partial charge in [0, 0.05) is 24.5 Å². The van der Waals surface area contributed by atoms with Crippen molar-refractivity contribution in [2.75, 3.05) is 44.8 Å². The number of nitrogens with one attached hydrogen (secondary N) is 2. The van der Waals surface area contributed by atoms with Gasteiger partial charge in [-0.15, -0.1) is 11.3 Å². The van der Waals surface area contributed by atoms with Crippen molar-refractivity contribution < 1.29 is 14.3 Å². The van der Waals surface area contributed by atoms with Crippen molar-refractivity contribution in [3.05, 3.63) is 58.6 Å². The number of ether oxygens (including phenoxy) is 2. The summed E-state index contributed by atoms with van der Waals surface area (Å²) in [7, 11) is 0. The van der Waals surface area contributed by atoms with Crippen LogP contribution in [0.2, 0.25) is 0 Å². The Morgan fingerprint density at radius 3 is 2.76 bits per heavy atom. The molecule has 4 aromatic rings. The molecule has 34 heavy (non-hydrogen) atoms. The third kappa shape index (κ3) is 4.82. The fourth-order valence-corrected chi connectivity index (χ4v) is 4.74. The molecule has 1 fully saturated rings. The Balaban J connectivity index is 1.37. The third-order valence-corrected chi connectivity index (χ3v) is 6.91. The van der Waals surface area contributed by atoms with E-state index in [4.69, 9.17) is 14.5 Å². The number of H-pyrrole nitrogens is 1. The van der Waals surface area contributed by atoms with Crippen molar-refractivity contribution in [2.24, 2.45) is 0 Å². The largest absolute Gasteiger partial charge is 0.491 e. The van der Waals surface area contributed by atoms with Crippen LogP contribution in [0.15, 0.2) is 42.5 Å². The fraction of sp³-hybridized carbons (Fsp3) is 0.320. The van der Waals surface area contributed by atoms with Crippen LogP contribution in [-0.2, 0) is 4.74 Å². The minimum Gasteiger partial charge on any atom is -0.491 e. The van der Waals surface area contributed by atoms with Gasteiger partial charge in [-0.25, -0.2) is 9.97 Å². The standard InChI is InChI=1S/C25H27N5O3S/c1-16-17(2)34-25(26-16)29-24(31)19-7-5-8-20-22(19)28-23(27-20)18-6-3-4-9-21(18)33-15-12-30-10-13-32-14-11-30/h3-9H,10-15H2,1-2H3,(H,27,28)(H,26,29,31). The van der Waals surface area contributed by atoms with Gasteiger partial charge in [-0.05, 0) is 38.1 Å². The number of hydrogen-bond donors (Lipinski definition) is 2. The zero-order valence-corrected chi connectivity index (χ0v) is 20.1. The lowest BCUT2D eigenvalue weighted by molar-refractivity contribution is 0.0323. The number of aryl methyl sites for hydroxylation is 2. The van der Waals surface area contributed by atoms with Gasteiger partial charge in [0.1, 0.15) is 23.7 Å². The van der Waals surface area contributed by atoms with Gasteiger partial charge in [-0.1, -0.05) is 18.2 Å². The minimum atomic E-state index is -0.229. The quantitative estimate of drug-likeness (QED) is 0.413. The number of aromatic nitrogens is 3. The number of rotatable bonds is 7. The summed E-state index contributed by atoms with van der Waals surface area (Å²) in [5.74, 6) is 1.19. The summed E-state index contributed by atoms with van der Waals surface area (Å²) in [6.45, 7) is 8.75. The van der Waals surface area contributed by atoms with E-state index < -0.39 is 0 Å². The van der Waals surface area contributed by atoms with Crippen LogP contribution >= 0.6 is 11.3 Å². The first kappa shape index (κ1) is 22.5. The van der Waals surface area contributed by atoms with Crippen LogP contribution in [0.5, 0.6) is 5.75 Å². The number of benzene rings is 2. The van der Waals surface area contributed by atoms with E-state index in [1.54, 1.807) is 6.07 Å². The summed E-state index contributed by atoms with van der Waals surface area (Å²) in [6.07, 6.45) is 0. The second-order valence-electron chi connectivity index (χ2n) is 8.20. The molecule has 0 saturated carbocycles. The van der Waals surface area contributed by atoms with E-state index in [9.17, 15) is 4.79 Å². The number of amides is 1. The molecule has 0 unspecified atom stereocenters. The molecule has 9 heteroatoms. The summed E-state index contributed by atoms with van der Waals surface area (Å²) >= 11 is 1.47. The number of carbonyl (C=O) groups is 1. The first-order chi connectivity index (χ1) is 16.6. The Morgan fingerprint density at radius 2 is 1.97 bits per heavy atom. The van der Waals surface area contributed by atoms with Crippen LogP contribution in [0.4, 0.5) is 5.13 Å². The van der Waals surface area contributed by atoms with Gasteiger partial charge < -0.3 is 14.5 Å². The predicted molar refractivity (Wildman–Crippen MR) is 134 cm³/mol. The van der Waals surface area contributed by atoms with Crippen LogP contribution in [0, 0.1) is 13.8 Å². The molecule has 2 aromatic heterocycles. The molecular weight excluding hydrogens is 450 g/mol. The van der Waals surface area contributed by atoms with Gasteiger partial charge in [0.2, 0.25) is 0 Å². The second-order valence-corrected chi connectivity index (χ2v) is 9.40. The molecule has 1 amide bonds. The van der Waals surface area contributed by atoms with E-state index in [2.05, 4.69) is 20.2 Å². The number of para-hydroxylation sites is 2. The van der Waals surface area contributed by atoms with Crippen molar-refractivity contribution in [3.8, 4) is 17.1 Å². The lowest BCUT2D eigenvalue weighted by Crippen LogP contribution is -2.38. The maximum absolute atomic E-state index is 13.0. The van der Waals surface area contributed by atoms with Crippen molar-refractivity contribution >= 4 is 33.4 Å². The van der Waals surface area contributed by atoms with E-state index in [1.807, 2.05) is 50.2 Å². The molecule has 2 aromatic carbocycles. The summed E-state index contributed by atoms with van der Waals surface area (Å²) in [5, 5.41) is 3.50. The molecule has 0 radical (unpaired) electrons. The van der Waals surface area contributed by atoms with Crippen LogP contribution < -0.4 is 10.1 Å². The van der Waals surface area contributed by atoms with Crippen LogP contribution in [0.1, 0.15) is 20.9 Å². The molecule has 1 saturated heterocycles. The Labute approximate surface area is 201 Å². The van der Waals surface area contributed by atoms with E-state index in [1.165, 1.54) is 11.3 Å². The summed E-state index contributed by atoms with van der Waals surface area (Å²) in [4.78, 5) is 29.0. The number of anilines is 1. The normalized spacial score (nSPS) is 14.4. The van der Waals surface area contributed by atoms with Crippen molar-refractivity contribution in [3.63, 3.8) is 0 Å². The molecule has 0 bridgehead atoms. The first-order valence-electron chi connectivity index (χ1n) is 11.3. The first-order valence-corrected chi connectivity index (χ1v) is 12.2. The van der Waals surface area contributed by atoms with Gasteiger partial charge >= 0.3 is 0 Å². The number of morpholine rings is 1. The van der Waals surface area contributed by atoms with Gasteiger partial charge in [0.15, 0.2) is 5.13 Å². The monoisotopic (exact) mass is 477 g/mol. The number of fused-ring (bicyclic) bond motifs is 1. The second kappa shape index (κ2) is 9.92. The van der Waals surface area contributed by atoms with Crippen LogP contribution in [0.3, 0.4) is 0 Å². The number of aromatic amines is 1. The highest BCUT2D eigenvalue weighted by Crippen LogP contribution is 2.31. The Kier molecular flexibility index (Phi) is 6.57. The predicted octanol–water partition coefficient (Wildman–Crippen LogP) is 4.27. The highest BCUT2D eigenvalue weighted by atomic mass is 32.1. The number of thiazole rings is 1. The molecular formula is C25H27N5O3S. The summed E-state index contributed by atoms with van der Waals surface area (Å²) in [5.41, 5.74) is 3.68. The lowest BCUT2D eigenvalue weighted by Gasteiger charge is -2.26. The summed E-state index contributed by atoms with van der Waals surface area (Å²) in [6, 6.07) is 13.4. The zero-order valence-electron chi connectivity index (χ0n) is 19.3. The van der Waals surface area contributed by atoms with E-state index >= 15 is 0 Å². The van der Waals surface area contributed by atoms with Crippen LogP contribution in [0.25, 0.3) is 22.4 Å². The maximum atomic E-state index is 13.0. The summed E-state index contributed by atoms with van der Waals surface area (Å²) < 4.78 is 11.5. The van der Waals surface area contributed by atoms with Gasteiger partial charge in [0.25, 0.3) is 5.91 Å². The van der Waals surface area contributed by atoms with Gasteiger partial charge in [-0.2, -0.15) is 0 Å². The van der Waals surface area contributed by atoms with Crippen molar-refractivity contribution in [1.29, 1.82) is 0 Å². The molecule has 0 spiro atoms. The SMILES string of the molecule is Cc1nc(NC(=O)c2cccc3[nH]c(-c4ccccc4OCCN4CCOCC4)nc23)sc1C. The molecule has 1 aliphatic rings. The highest BCUT2D eigenvalue weighted by Gasteiger charge is 2.18. The Hall–Kier alpha value is -3.27. The average molecular weight is 478 g/mol. The number of nitrogens with zero attached hydrogens (tertiary/aromatic N) is 3. The Bertz CT molecular complexity index is 1290. The molecule has 5 rings (SSSR count). The molecule has 3 heterocycles. The maximum Gasteiger partial charge on any atom is 0.259 e. The average Bonchev–Trinajstić information content (AvgIpc) is 3.42. The van der Waals surface area contributed by atoms with E-state index in [0.717, 1.165) is 60.2 Å². The highest BCUT2D eigenvalue weighted by molar-refractivity contribution is 7.15. The number of hydrogen-bond acceptors (Lipinski definition) is 7. The van der Waals surface area contributed by atoms with E-state index in [-0.39, 0.29) is 5.91 Å². The van der Waals surface area contributed by atoms with Crippen molar-refractivity contribution in [2.45, 2.75) is 13.8 Å². The Morgan fingerprint density at radius 1 is 1.15 bits per heavy atom. The molecule has 176 valence electrons. The van der Waals surface area contributed by atoms with Crippen LogP contribution in [-0.4, -0.2) is 65.2 Å². The molecule has 0 aliphatic carbocycles. The van der Waals surface area contributed by atoms with Gasteiger partial charge in [-0.3, -0.25) is 15.0 Å². The zero-order chi connectivity index (χ0) is 23.5. The fourth-order valence-electron chi connectivity index (χ4n) is 3.93. The molecule has 0 atom stereocenters. The van der Waals surface area contributed by atoms with Crippen molar-refractivity contribution in [1.82, 2.24) is 19.9 Å². The number of imidazole rings is 1. The molecule has 2 N–H and O–H groups in total.